The number of nitrogens with two attached hydrogens (primary N) is 1. The maximum absolute atomic E-state index is 6.21. The summed E-state index contributed by atoms with van der Waals surface area (Å²) in [5.41, 5.74) is 9.01. The zero-order chi connectivity index (χ0) is 13.6. The SMILES string of the molecule is CCn1nc(C)c(Br)c1CC1(CN)CC2CCC1C2. The Morgan fingerprint density at radius 1 is 1.47 bits per heavy atom. The Balaban J connectivity index is 1.92. The molecule has 3 nitrogen and oxygen atoms in total. The average Bonchev–Trinajstić information content (AvgIpc) is 3.08. The summed E-state index contributed by atoms with van der Waals surface area (Å²) in [4.78, 5) is 0. The molecule has 3 rings (SSSR count). The molecule has 2 N–H and O–H groups in total. The molecule has 0 radical (unpaired) electrons. The van der Waals surface area contributed by atoms with E-state index in [1.165, 1.54) is 35.8 Å². The third-order valence-corrected chi connectivity index (χ3v) is 6.51. The van der Waals surface area contributed by atoms with Crippen molar-refractivity contribution in [3.63, 3.8) is 0 Å². The largest absolute Gasteiger partial charge is 0.330 e. The first-order valence-electron chi connectivity index (χ1n) is 7.51. The van der Waals surface area contributed by atoms with Crippen LogP contribution in [-0.4, -0.2) is 16.3 Å². The van der Waals surface area contributed by atoms with Crippen LogP contribution in [0.15, 0.2) is 4.47 Å². The summed E-state index contributed by atoms with van der Waals surface area (Å²) in [7, 11) is 0. The van der Waals surface area contributed by atoms with E-state index in [0.29, 0.717) is 5.41 Å². The maximum Gasteiger partial charge on any atom is 0.0738 e. The lowest BCUT2D eigenvalue weighted by Crippen LogP contribution is -2.38. The van der Waals surface area contributed by atoms with Crippen molar-refractivity contribution in [2.75, 3.05) is 6.54 Å². The van der Waals surface area contributed by atoms with Crippen LogP contribution in [0.4, 0.5) is 0 Å². The second-order valence-electron chi connectivity index (χ2n) is 6.49. The molecule has 2 fully saturated rings. The van der Waals surface area contributed by atoms with Gasteiger partial charge in [0.25, 0.3) is 0 Å². The van der Waals surface area contributed by atoms with Gasteiger partial charge in [-0.25, -0.2) is 0 Å². The molecule has 0 aliphatic heterocycles. The fourth-order valence-corrected chi connectivity index (χ4v) is 4.89. The molecule has 1 aromatic heterocycles. The Hall–Kier alpha value is -0.350. The lowest BCUT2D eigenvalue weighted by Gasteiger charge is -2.37. The summed E-state index contributed by atoms with van der Waals surface area (Å²) in [6, 6.07) is 0. The highest BCUT2D eigenvalue weighted by Gasteiger charge is 2.50. The van der Waals surface area contributed by atoms with Crippen LogP contribution in [0.3, 0.4) is 0 Å². The summed E-state index contributed by atoms with van der Waals surface area (Å²) in [5, 5.41) is 4.63. The minimum Gasteiger partial charge on any atom is -0.330 e. The van der Waals surface area contributed by atoms with E-state index in [9.17, 15) is 0 Å². The number of fused-ring (bicyclic) bond motifs is 2. The molecular formula is C15H24BrN3. The van der Waals surface area contributed by atoms with Crippen LogP contribution in [0.1, 0.15) is 44.0 Å². The van der Waals surface area contributed by atoms with E-state index in [0.717, 1.165) is 37.0 Å². The highest BCUT2D eigenvalue weighted by molar-refractivity contribution is 9.10. The standard InChI is InChI=1S/C15H24BrN3/c1-3-19-13(14(16)10(2)18-19)8-15(9-17)7-11-4-5-12(15)6-11/h11-12H,3-9,17H2,1-2H3. The first-order valence-corrected chi connectivity index (χ1v) is 8.30. The molecule has 1 aromatic rings. The zero-order valence-electron chi connectivity index (χ0n) is 12.0. The Kier molecular flexibility index (Phi) is 3.50. The van der Waals surface area contributed by atoms with Crippen LogP contribution in [0.5, 0.6) is 0 Å². The van der Waals surface area contributed by atoms with Gasteiger partial charge in [-0.3, -0.25) is 4.68 Å². The highest BCUT2D eigenvalue weighted by atomic mass is 79.9. The van der Waals surface area contributed by atoms with Crippen LogP contribution < -0.4 is 5.73 Å². The van der Waals surface area contributed by atoms with Crippen molar-refractivity contribution in [3.05, 3.63) is 15.9 Å². The van der Waals surface area contributed by atoms with Gasteiger partial charge in [0.05, 0.1) is 15.9 Å². The van der Waals surface area contributed by atoms with Gasteiger partial charge in [-0.2, -0.15) is 5.10 Å². The number of halogens is 1. The molecule has 2 saturated carbocycles. The van der Waals surface area contributed by atoms with Gasteiger partial charge in [0.2, 0.25) is 0 Å². The molecule has 0 aromatic carbocycles. The summed E-state index contributed by atoms with van der Waals surface area (Å²) >= 11 is 3.73. The molecule has 19 heavy (non-hydrogen) atoms. The van der Waals surface area contributed by atoms with Crippen molar-refractivity contribution >= 4 is 15.9 Å². The minimum atomic E-state index is 0.338. The average molecular weight is 326 g/mol. The third-order valence-electron chi connectivity index (χ3n) is 5.48. The van der Waals surface area contributed by atoms with Gasteiger partial charge in [-0.1, -0.05) is 6.42 Å². The van der Waals surface area contributed by atoms with Gasteiger partial charge in [0.15, 0.2) is 0 Å². The van der Waals surface area contributed by atoms with E-state index in [1.807, 2.05) is 0 Å². The first kappa shape index (κ1) is 13.6. The van der Waals surface area contributed by atoms with E-state index in [4.69, 9.17) is 5.73 Å². The Bertz CT molecular complexity index is 482. The number of rotatable bonds is 4. The number of hydrogen-bond acceptors (Lipinski definition) is 2. The monoisotopic (exact) mass is 325 g/mol. The Labute approximate surface area is 124 Å². The zero-order valence-corrected chi connectivity index (χ0v) is 13.5. The molecule has 3 atom stereocenters. The number of aromatic nitrogens is 2. The van der Waals surface area contributed by atoms with E-state index < -0.39 is 0 Å². The molecule has 2 aliphatic rings. The van der Waals surface area contributed by atoms with Gasteiger partial charge in [-0.15, -0.1) is 0 Å². The lowest BCUT2D eigenvalue weighted by molar-refractivity contribution is 0.167. The second kappa shape index (κ2) is 4.88. The smallest absolute Gasteiger partial charge is 0.0738 e. The fraction of sp³-hybridized carbons (Fsp3) is 0.800. The van der Waals surface area contributed by atoms with E-state index in [1.54, 1.807) is 0 Å². The van der Waals surface area contributed by atoms with Crippen molar-refractivity contribution in [1.29, 1.82) is 0 Å². The topological polar surface area (TPSA) is 43.8 Å². The Morgan fingerprint density at radius 3 is 2.79 bits per heavy atom. The minimum absolute atomic E-state index is 0.338. The molecule has 106 valence electrons. The quantitative estimate of drug-likeness (QED) is 0.923. The van der Waals surface area contributed by atoms with Crippen LogP contribution in [0, 0.1) is 24.2 Å². The Morgan fingerprint density at radius 2 is 2.26 bits per heavy atom. The first-order chi connectivity index (χ1) is 9.09. The molecule has 3 unspecified atom stereocenters. The van der Waals surface area contributed by atoms with Crippen molar-refractivity contribution in [1.82, 2.24) is 9.78 Å². The molecule has 0 spiro atoms. The van der Waals surface area contributed by atoms with Crippen molar-refractivity contribution in [2.45, 2.75) is 52.5 Å². The normalized spacial score (nSPS) is 33.3. The van der Waals surface area contributed by atoms with E-state index in [-0.39, 0.29) is 0 Å². The highest BCUT2D eigenvalue weighted by Crippen LogP contribution is 2.57. The number of nitrogens with zero attached hydrogens (tertiary/aromatic N) is 2. The van der Waals surface area contributed by atoms with Crippen molar-refractivity contribution in [3.8, 4) is 0 Å². The van der Waals surface area contributed by atoms with Gasteiger partial charge in [0, 0.05) is 6.54 Å². The summed E-state index contributed by atoms with van der Waals surface area (Å²) in [5.74, 6) is 1.78. The number of aryl methyl sites for hydroxylation is 2. The fourth-order valence-electron chi connectivity index (χ4n) is 4.47. The van der Waals surface area contributed by atoms with Gasteiger partial charge in [-0.05, 0) is 79.3 Å². The lowest BCUT2D eigenvalue weighted by atomic mass is 9.70. The van der Waals surface area contributed by atoms with Gasteiger partial charge < -0.3 is 5.73 Å². The van der Waals surface area contributed by atoms with Crippen molar-refractivity contribution < 1.29 is 0 Å². The molecule has 0 amide bonds. The molecule has 2 bridgehead atoms. The predicted octanol–water partition coefficient (Wildman–Crippen LogP) is 3.28. The second-order valence-corrected chi connectivity index (χ2v) is 7.28. The van der Waals surface area contributed by atoms with Crippen LogP contribution in [0.25, 0.3) is 0 Å². The van der Waals surface area contributed by atoms with E-state index in [2.05, 4.69) is 39.6 Å². The van der Waals surface area contributed by atoms with Crippen LogP contribution >= 0.6 is 15.9 Å². The van der Waals surface area contributed by atoms with E-state index >= 15 is 0 Å². The van der Waals surface area contributed by atoms with Crippen LogP contribution in [0.2, 0.25) is 0 Å². The molecular weight excluding hydrogens is 302 g/mol. The van der Waals surface area contributed by atoms with Crippen molar-refractivity contribution in [2.24, 2.45) is 23.0 Å². The summed E-state index contributed by atoms with van der Waals surface area (Å²) < 4.78 is 3.35. The van der Waals surface area contributed by atoms with Crippen LogP contribution in [-0.2, 0) is 13.0 Å². The van der Waals surface area contributed by atoms with Gasteiger partial charge in [0.1, 0.15) is 0 Å². The maximum atomic E-state index is 6.21. The predicted molar refractivity (Wildman–Crippen MR) is 81.0 cm³/mol. The summed E-state index contributed by atoms with van der Waals surface area (Å²) in [6.45, 7) is 6.01. The summed E-state index contributed by atoms with van der Waals surface area (Å²) in [6.07, 6.45) is 6.65. The molecule has 4 heteroatoms. The molecule has 1 heterocycles. The number of hydrogen-bond donors (Lipinski definition) is 1. The third kappa shape index (κ3) is 2.07. The molecule has 2 aliphatic carbocycles. The molecule has 0 saturated heterocycles. The van der Waals surface area contributed by atoms with Gasteiger partial charge >= 0.3 is 0 Å².